The number of thioether (sulfide) groups is 1. The predicted octanol–water partition coefficient (Wildman–Crippen LogP) is 4.03. The molecule has 0 aliphatic carbocycles. The molecule has 1 saturated heterocycles. The van der Waals surface area contributed by atoms with E-state index in [4.69, 9.17) is 6.57 Å². The first-order valence-electron chi connectivity index (χ1n) is 6.99. The van der Waals surface area contributed by atoms with E-state index in [1.165, 1.54) is 23.4 Å². The topological polar surface area (TPSA) is 7.60 Å². The van der Waals surface area contributed by atoms with E-state index in [0.29, 0.717) is 0 Å². The zero-order chi connectivity index (χ0) is 13.7. The highest BCUT2D eigenvalue weighted by molar-refractivity contribution is 7.98. The predicted molar refractivity (Wildman–Crippen MR) is 82.5 cm³/mol. The molecule has 1 aromatic rings. The van der Waals surface area contributed by atoms with E-state index in [0.717, 1.165) is 25.9 Å². The first-order valence-corrected chi connectivity index (χ1v) is 8.22. The molecule has 0 bridgehead atoms. The third kappa shape index (κ3) is 3.13. The summed E-state index contributed by atoms with van der Waals surface area (Å²) in [5.41, 5.74) is 0.932. The smallest absolute Gasteiger partial charge is 0.260 e. The maximum absolute atomic E-state index is 7.68. The zero-order valence-corrected chi connectivity index (χ0v) is 12.7. The van der Waals surface area contributed by atoms with E-state index in [9.17, 15) is 0 Å². The highest BCUT2D eigenvalue weighted by Crippen LogP contribution is 2.38. The third-order valence-corrected chi connectivity index (χ3v) is 4.77. The molecule has 0 aromatic heterocycles. The van der Waals surface area contributed by atoms with Crippen molar-refractivity contribution in [1.29, 1.82) is 0 Å². The van der Waals surface area contributed by atoms with Crippen molar-refractivity contribution < 1.29 is 0 Å². The van der Waals surface area contributed by atoms with Gasteiger partial charge in [0.25, 0.3) is 5.54 Å². The molecule has 0 saturated carbocycles. The number of rotatable bonds is 4. The van der Waals surface area contributed by atoms with Crippen molar-refractivity contribution >= 4 is 11.8 Å². The van der Waals surface area contributed by atoms with E-state index in [1.54, 1.807) is 11.8 Å². The minimum absolute atomic E-state index is 0.282. The zero-order valence-electron chi connectivity index (χ0n) is 11.9. The fraction of sp³-hybridized carbons (Fsp3) is 0.562. The lowest BCUT2D eigenvalue weighted by atomic mass is 9.81. The molecule has 1 aliphatic rings. The molecular formula is C16H22N2S. The molecule has 3 heteroatoms. The quantitative estimate of drug-likeness (QED) is 0.605. The van der Waals surface area contributed by atoms with Crippen LogP contribution in [0.15, 0.2) is 29.2 Å². The summed E-state index contributed by atoms with van der Waals surface area (Å²) >= 11 is 1.75. The Morgan fingerprint density at radius 1 is 1.37 bits per heavy atom. The molecule has 0 radical (unpaired) electrons. The van der Waals surface area contributed by atoms with Gasteiger partial charge < -0.3 is 9.74 Å². The van der Waals surface area contributed by atoms with Crippen LogP contribution in [0, 0.1) is 6.57 Å². The van der Waals surface area contributed by atoms with Gasteiger partial charge in [0.15, 0.2) is 0 Å². The second-order valence-electron chi connectivity index (χ2n) is 5.22. The van der Waals surface area contributed by atoms with Gasteiger partial charge in [0.1, 0.15) is 0 Å². The molecule has 2 rings (SSSR count). The third-order valence-electron chi connectivity index (χ3n) is 4.04. The van der Waals surface area contributed by atoms with E-state index in [2.05, 4.69) is 47.2 Å². The largest absolute Gasteiger partial charge is 0.305 e. The van der Waals surface area contributed by atoms with Gasteiger partial charge >= 0.3 is 0 Å². The van der Waals surface area contributed by atoms with Crippen LogP contribution in [0.2, 0.25) is 0 Å². The Bertz CT molecular complexity index is 456. The van der Waals surface area contributed by atoms with Crippen LogP contribution in [-0.2, 0) is 5.54 Å². The molecule has 1 aliphatic heterocycles. The summed E-state index contributed by atoms with van der Waals surface area (Å²) in [6.45, 7) is 13.2. The van der Waals surface area contributed by atoms with Crippen LogP contribution in [-0.4, -0.2) is 30.8 Å². The van der Waals surface area contributed by atoms with E-state index < -0.39 is 0 Å². The van der Waals surface area contributed by atoms with Gasteiger partial charge in [0.05, 0.1) is 0 Å². The van der Waals surface area contributed by atoms with Crippen LogP contribution in [0.5, 0.6) is 0 Å². The van der Waals surface area contributed by atoms with Gasteiger partial charge in [0, 0.05) is 36.4 Å². The summed E-state index contributed by atoms with van der Waals surface area (Å²) in [5, 5.41) is 0. The van der Waals surface area contributed by atoms with Crippen molar-refractivity contribution in [2.75, 3.05) is 25.9 Å². The number of hydrogen-bond donors (Lipinski definition) is 0. The average molecular weight is 274 g/mol. The molecular weight excluding hydrogens is 252 g/mol. The molecule has 2 nitrogen and oxygen atoms in total. The standard InChI is InChI=1S/C16H22N2S/c1-4-10-18-11-8-16(17-2,9-12-18)14-6-5-7-15(13-14)19-3/h5-7,13H,4,8-12H2,1,3H3. The van der Waals surface area contributed by atoms with Crippen molar-refractivity contribution in [3.8, 4) is 0 Å². The Morgan fingerprint density at radius 3 is 2.68 bits per heavy atom. The molecule has 1 heterocycles. The number of hydrogen-bond acceptors (Lipinski definition) is 2. The van der Waals surface area contributed by atoms with Gasteiger partial charge in [-0.25, -0.2) is 6.57 Å². The number of benzene rings is 1. The van der Waals surface area contributed by atoms with Crippen LogP contribution in [0.3, 0.4) is 0 Å². The number of nitrogens with zero attached hydrogens (tertiary/aromatic N) is 2. The van der Waals surface area contributed by atoms with Crippen LogP contribution in [0.1, 0.15) is 31.7 Å². The summed E-state index contributed by atoms with van der Waals surface area (Å²) in [5.74, 6) is 0. The normalized spacial score (nSPS) is 19.0. The van der Waals surface area contributed by atoms with Gasteiger partial charge in [-0.15, -0.1) is 11.8 Å². The van der Waals surface area contributed by atoms with E-state index in [-0.39, 0.29) is 5.54 Å². The maximum atomic E-state index is 7.68. The first kappa shape index (κ1) is 14.4. The Hall–Kier alpha value is -0.980. The van der Waals surface area contributed by atoms with E-state index >= 15 is 0 Å². The minimum Gasteiger partial charge on any atom is -0.305 e. The SMILES string of the molecule is [C-]#[N+]C1(c2cccc(SC)c2)CCN(CCC)CC1. The van der Waals surface area contributed by atoms with Gasteiger partial charge in [0.2, 0.25) is 0 Å². The second kappa shape index (κ2) is 6.45. The fourth-order valence-electron chi connectivity index (χ4n) is 2.84. The Kier molecular flexibility index (Phi) is 4.90. The van der Waals surface area contributed by atoms with Crippen molar-refractivity contribution in [3.05, 3.63) is 41.2 Å². The van der Waals surface area contributed by atoms with Crippen molar-refractivity contribution in [1.82, 2.24) is 4.90 Å². The summed E-state index contributed by atoms with van der Waals surface area (Å²) in [6.07, 6.45) is 5.23. The lowest BCUT2D eigenvalue weighted by Crippen LogP contribution is -2.41. The fourth-order valence-corrected chi connectivity index (χ4v) is 3.30. The molecule has 1 aromatic carbocycles. The molecule has 19 heavy (non-hydrogen) atoms. The minimum atomic E-state index is -0.282. The second-order valence-corrected chi connectivity index (χ2v) is 6.10. The Morgan fingerprint density at radius 2 is 2.11 bits per heavy atom. The van der Waals surface area contributed by atoms with Crippen LogP contribution in [0.25, 0.3) is 4.85 Å². The first-order chi connectivity index (χ1) is 9.24. The molecule has 0 spiro atoms. The van der Waals surface area contributed by atoms with Crippen molar-refractivity contribution in [2.24, 2.45) is 0 Å². The van der Waals surface area contributed by atoms with Gasteiger partial charge in [-0.2, -0.15) is 0 Å². The maximum Gasteiger partial charge on any atom is 0.260 e. The van der Waals surface area contributed by atoms with Gasteiger partial charge in [-0.3, -0.25) is 0 Å². The average Bonchev–Trinajstić information content (AvgIpc) is 2.49. The summed E-state index contributed by atoms with van der Waals surface area (Å²) in [6, 6.07) is 8.55. The summed E-state index contributed by atoms with van der Waals surface area (Å²) in [4.78, 5) is 7.78. The summed E-state index contributed by atoms with van der Waals surface area (Å²) in [7, 11) is 0. The van der Waals surface area contributed by atoms with Crippen molar-refractivity contribution in [3.63, 3.8) is 0 Å². The lowest BCUT2D eigenvalue weighted by molar-refractivity contribution is 0.182. The highest BCUT2D eigenvalue weighted by Gasteiger charge is 2.42. The molecule has 0 unspecified atom stereocenters. The molecule has 102 valence electrons. The van der Waals surface area contributed by atoms with Crippen LogP contribution in [0.4, 0.5) is 0 Å². The van der Waals surface area contributed by atoms with Crippen LogP contribution >= 0.6 is 11.8 Å². The Labute approximate surface area is 121 Å². The van der Waals surface area contributed by atoms with Gasteiger partial charge in [-0.1, -0.05) is 19.1 Å². The monoisotopic (exact) mass is 274 g/mol. The number of likely N-dealkylation sites (tertiary alicyclic amines) is 1. The molecule has 0 atom stereocenters. The van der Waals surface area contributed by atoms with Crippen LogP contribution < -0.4 is 0 Å². The van der Waals surface area contributed by atoms with Gasteiger partial charge in [-0.05, 0) is 31.4 Å². The summed E-state index contributed by atoms with van der Waals surface area (Å²) < 4.78 is 0. The number of piperidine rings is 1. The Balaban J connectivity index is 2.18. The van der Waals surface area contributed by atoms with E-state index in [1.807, 2.05) is 0 Å². The van der Waals surface area contributed by atoms with Crippen molar-refractivity contribution in [2.45, 2.75) is 36.6 Å². The molecule has 1 fully saturated rings. The molecule has 0 N–H and O–H groups in total. The molecule has 0 amide bonds. The highest BCUT2D eigenvalue weighted by atomic mass is 32.2. The lowest BCUT2D eigenvalue weighted by Gasteiger charge is -2.34.